The minimum Gasteiger partial charge on any atom is -0.454 e. The van der Waals surface area contributed by atoms with Crippen molar-refractivity contribution in [3.05, 3.63) is 82.4 Å². The van der Waals surface area contributed by atoms with Crippen molar-refractivity contribution in [3.8, 4) is 22.6 Å². The Morgan fingerprint density at radius 2 is 1.79 bits per heavy atom. The SMILES string of the molecule is CCS(=O)(Cc1ccc(Oc2ccc(F)cc2F)c(-c2cn(C)c(=O)c3[nH]ccc23)c1)=NS(=O)(=O)C1CC1. The van der Waals surface area contributed by atoms with Crippen molar-refractivity contribution in [1.82, 2.24) is 9.55 Å². The van der Waals surface area contributed by atoms with Gasteiger partial charge >= 0.3 is 0 Å². The van der Waals surface area contributed by atoms with Gasteiger partial charge in [-0.25, -0.2) is 21.4 Å². The number of nitrogens with one attached hydrogen (secondary N) is 1. The maximum atomic E-state index is 14.4. The van der Waals surface area contributed by atoms with Gasteiger partial charge in [0.15, 0.2) is 11.6 Å². The van der Waals surface area contributed by atoms with Crippen LogP contribution >= 0.6 is 0 Å². The molecular weight excluding hydrogens is 536 g/mol. The molecule has 2 aromatic heterocycles. The Morgan fingerprint density at radius 1 is 1.05 bits per heavy atom. The summed E-state index contributed by atoms with van der Waals surface area (Å²) >= 11 is 0. The Labute approximate surface area is 218 Å². The Morgan fingerprint density at radius 3 is 2.47 bits per heavy atom. The van der Waals surface area contributed by atoms with E-state index in [1.165, 1.54) is 10.6 Å². The molecule has 2 aromatic carbocycles. The number of fused-ring (bicyclic) bond motifs is 1. The lowest BCUT2D eigenvalue weighted by Crippen LogP contribution is -2.16. The molecule has 0 bridgehead atoms. The van der Waals surface area contributed by atoms with Crippen LogP contribution in [0.1, 0.15) is 25.3 Å². The van der Waals surface area contributed by atoms with E-state index in [2.05, 4.69) is 8.75 Å². The fourth-order valence-electron chi connectivity index (χ4n) is 4.18. The number of hydrogen-bond donors (Lipinski definition) is 1. The molecule has 1 saturated carbocycles. The standard InChI is InChI=1S/C26H25F2N3O5S2/c1-3-37(33,30-38(34,35)18-6-7-18)15-16-4-8-23(36-24-9-5-17(27)13-22(24)28)20(12-16)21-14-31(2)26(32)25-19(21)10-11-29-25/h4-5,8-14,18,29H,3,6-7,15H2,1-2H3. The number of hydrogen-bond acceptors (Lipinski definition) is 5. The first-order valence-corrected chi connectivity index (χ1v) is 15.3. The molecule has 1 N–H and O–H groups in total. The van der Waals surface area contributed by atoms with Crippen LogP contribution in [0.3, 0.4) is 0 Å². The third-order valence-corrected chi connectivity index (χ3v) is 11.3. The molecule has 200 valence electrons. The van der Waals surface area contributed by atoms with E-state index in [4.69, 9.17) is 4.74 Å². The Hall–Kier alpha value is -3.51. The van der Waals surface area contributed by atoms with E-state index in [1.807, 2.05) is 0 Å². The molecule has 1 aliphatic rings. The predicted octanol–water partition coefficient (Wildman–Crippen LogP) is 5.08. The third-order valence-electron chi connectivity index (χ3n) is 6.37. The monoisotopic (exact) mass is 561 g/mol. The lowest BCUT2D eigenvalue weighted by atomic mass is 10.0. The highest BCUT2D eigenvalue weighted by molar-refractivity contribution is 8.03. The predicted molar refractivity (Wildman–Crippen MR) is 142 cm³/mol. The van der Waals surface area contributed by atoms with Crippen LogP contribution < -0.4 is 10.3 Å². The number of halogens is 2. The van der Waals surface area contributed by atoms with Crippen LogP contribution in [-0.2, 0) is 32.6 Å². The minimum absolute atomic E-state index is 0.0369. The average Bonchev–Trinajstić information content (AvgIpc) is 3.62. The second kappa shape index (κ2) is 9.66. The van der Waals surface area contributed by atoms with Gasteiger partial charge in [-0.1, -0.05) is 13.0 Å². The van der Waals surface area contributed by atoms with Gasteiger partial charge < -0.3 is 14.3 Å². The molecule has 12 heteroatoms. The molecule has 8 nitrogen and oxygen atoms in total. The van der Waals surface area contributed by atoms with Crippen molar-refractivity contribution in [1.29, 1.82) is 0 Å². The first-order chi connectivity index (χ1) is 18.0. The lowest BCUT2D eigenvalue weighted by Gasteiger charge is -2.16. The zero-order valence-corrected chi connectivity index (χ0v) is 22.2. The molecule has 0 aliphatic heterocycles. The van der Waals surface area contributed by atoms with Gasteiger partial charge in [-0.2, -0.15) is 0 Å². The van der Waals surface area contributed by atoms with E-state index in [9.17, 15) is 26.2 Å². The summed E-state index contributed by atoms with van der Waals surface area (Å²) in [6, 6.07) is 9.47. The largest absolute Gasteiger partial charge is 0.454 e. The van der Waals surface area contributed by atoms with E-state index >= 15 is 0 Å². The summed E-state index contributed by atoms with van der Waals surface area (Å²) in [5.74, 6) is -1.75. The maximum absolute atomic E-state index is 14.4. The molecular formula is C26H25F2N3O5S2. The number of ether oxygens (including phenoxy) is 1. The number of pyridine rings is 1. The fraction of sp³-hybridized carbons (Fsp3) is 0.269. The van der Waals surface area contributed by atoms with Crippen molar-refractivity contribution < 1.29 is 26.1 Å². The smallest absolute Gasteiger partial charge is 0.274 e. The van der Waals surface area contributed by atoms with E-state index in [0.29, 0.717) is 46.5 Å². The summed E-state index contributed by atoms with van der Waals surface area (Å²) in [6.45, 7) is 1.63. The van der Waals surface area contributed by atoms with Gasteiger partial charge in [0, 0.05) is 47.8 Å². The van der Waals surface area contributed by atoms with Gasteiger partial charge in [0.1, 0.15) is 17.1 Å². The van der Waals surface area contributed by atoms with Crippen molar-refractivity contribution in [2.45, 2.75) is 30.8 Å². The van der Waals surface area contributed by atoms with Crippen LogP contribution in [-0.4, -0.2) is 33.2 Å². The van der Waals surface area contributed by atoms with Crippen molar-refractivity contribution in [2.75, 3.05) is 5.75 Å². The summed E-state index contributed by atoms with van der Waals surface area (Å²) in [5, 5.41) is 0.00574. The molecule has 0 amide bonds. The molecule has 2 heterocycles. The average molecular weight is 562 g/mol. The van der Waals surface area contributed by atoms with Crippen molar-refractivity contribution in [3.63, 3.8) is 0 Å². The van der Waals surface area contributed by atoms with E-state index < -0.39 is 36.6 Å². The summed E-state index contributed by atoms with van der Waals surface area (Å²) in [7, 11) is -5.37. The molecule has 0 saturated heterocycles. The van der Waals surface area contributed by atoms with Crippen LogP contribution in [0.15, 0.2) is 63.4 Å². The van der Waals surface area contributed by atoms with Crippen LogP contribution in [0.2, 0.25) is 0 Å². The molecule has 4 aromatic rings. The molecule has 38 heavy (non-hydrogen) atoms. The number of rotatable bonds is 8. The summed E-state index contributed by atoms with van der Waals surface area (Å²) in [6.07, 6.45) is 4.25. The normalized spacial score (nSPS) is 15.4. The third kappa shape index (κ3) is 5.10. The Bertz CT molecular complexity index is 1850. The molecule has 0 radical (unpaired) electrons. The molecule has 1 atom stereocenters. The quantitative estimate of drug-likeness (QED) is 0.322. The zero-order valence-electron chi connectivity index (χ0n) is 20.6. The second-order valence-electron chi connectivity index (χ2n) is 9.23. The first-order valence-electron chi connectivity index (χ1n) is 11.9. The summed E-state index contributed by atoms with van der Waals surface area (Å²) < 4.78 is 77.5. The highest BCUT2D eigenvalue weighted by Crippen LogP contribution is 2.38. The summed E-state index contributed by atoms with van der Waals surface area (Å²) in [5.41, 5.74) is 1.61. The molecule has 1 fully saturated rings. The van der Waals surface area contributed by atoms with E-state index in [0.717, 1.165) is 6.07 Å². The van der Waals surface area contributed by atoms with E-state index in [-0.39, 0.29) is 28.6 Å². The van der Waals surface area contributed by atoms with Crippen molar-refractivity contribution in [2.24, 2.45) is 10.8 Å². The lowest BCUT2D eigenvalue weighted by molar-refractivity contribution is 0.439. The van der Waals surface area contributed by atoms with Crippen molar-refractivity contribution >= 4 is 30.7 Å². The Balaban J connectivity index is 1.66. The number of aryl methyl sites for hydroxylation is 1. The van der Waals surface area contributed by atoms with Gasteiger partial charge in [0.05, 0.1) is 20.7 Å². The maximum Gasteiger partial charge on any atom is 0.274 e. The number of aromatic nitrogens is 2. The summed E-state index contributed by atoms with van der Waals surface area (Å²) in [4.78, 5) is 15.5. The van der Waals surface area contributed by atoms with E-state index in [1.54, 1.807) is 50.6 Å². The number of benzene rings is 2. The van der Waals surface area contributed by atoms with Crippen LogP contribution in [0.4, 0.5) is 8.78 Å². The topological polar surface area (TPSA) is 111 Å². The minimum atomic E-state index is -3.82. The second-order valence-corrected chi connectivity index (χ2v) is 13.9. The number of nitrogens with zero attached hydrogens (tertiary/aromatic N) is 2. The Kier molecular flexibility index (Phi) is 6.64. The van der Waals surface area contributed by atoms with Gasteiger partial charge in [-0.15, -0.1) is 3.77 Å². The van der Waals surface area contributed by atoms with Gasteiger partial charge in [0.2, 0.25) is 0 Å². The highest BCUT2D eigenvalue weighted by atomic mass is 32.3. The molecule has 1 aliphatic carbocycles. The van der Waals surface area contributed by atoms with Crippen LogP contribution in [0.5, 0.6) is 11.5 Å². The zero-order chi connectivity index (χ0) is 27.2. The number of aromatic amines is 1. The number of sulfonamides is 1. The first kappa shape index (κ1) is 26.1. The van der Waals surface area contributed by atoms with Crippen LogP contribution in [0.25, 0.3) is 22.0 Å². The van der Waals surface area contributed by atoms with Crippen LogP contribution in [0, 0.1) is 11.6 Å². The molecule has 5 rings (SSSR count). The number of H-pyrrole nitrogens is 1. The highest BCUT2D eigenvalue weighted by Gasteiger charge is 2.36. The fourth-order valence-corrected chi connectivity index (χ4v) is 8.45. The van der Waals surface area contributed by atoms with Gasteiger partial charge in [-0.05, 0) is 48.7 Å². The van der Waals surface area contributed by atoms with Gasteiger partial charge in [0.25, 0.3) is 15.6 Å². The van der Waals surface area contributed by atoms with Gasteiger partial charge in [-0.3, -0.25) is 4.79 Å². The molecule has 0 spiro atoms. The molecule has 1 unspecified atom stereocenters.